The maximum absolute atomic E-state index is 10.6. The zero-order valence-corrected chi connectivity index (χ0v) is 9.47. The number of aryl methyl sites for hydroxylation is 1. The Morgan fingerprint density at radius 2 is 2.00 bits per heavy atom. The third-order valence-electron chi connectivity index (χ3n) is 2.99. The van der Waals surface area contributed by atoms with Gasteiger partial charge >= 0.3 is 0 Å². The molecule has 1 aromatic heterocycles. The maximum atomic E-state index is 10.6. The summed E-state index contributed by atoms with van der Waals surface area (Å²) in [5, 5.41) is 1.80. The Labute approximate surface area is 98.9 Å². The molecule has 1 aromatic carbocycles. The summed E-state index contributed by atoms with van der Waals surface area (Å²) in [6, 6.07) is 10.3. The molecule has 0 N–H and O–H groups in total. The van der Waals surface area contributed by atoms with Crippen molar-refractivity contribution in [1.29, 1.82) is 0 Å². The van der Waals surface area contributed by atoms with Crippen molar-refractivity contribution in [2.75, 3.05) is 0 Å². The third kappa shape index (κ3) is 1.49. The summed E-state index contributed by atoms with van der Waals surface area (Å²) in [4.78, 5) is 15.0. The first-order valence-corrected chi connectivity index (χ1v) is 5.54. The Kier molecular flexibility index (Phi) is 2.15. The smallest absolute Gasteiger partial charge is 0.145 e. The summed E-state index contributed by atoms with van der Waals surface area (Å²) >= 11 is 0. The van der Waals surface area contributed by atoms with Crippen molar-refractivity contribution < 1.29 is 4.79 Å². The van der Waals surface area contributed by atoms with Crippen LogP contribution in [0.4, 0.5) is 0 Å². The van der Waals surface area contributed by atoms with Gasteiger partial charge in [-0.15, -0.1) is 0 Å². The number of aromatic nitrogens is 1. The van der Waals surface area contributed by atoms with Crippen LogP contribution in [0.15, 0.2) is 30.3 Å². The lowest BCUT2D eigenvalue weighted by molar-refractivity contribution is -0.103. The zero-order chi connectivity index (χ0) is 11.8. The molecule has 0 spiro atoms. The Morgan fingerprint density at radius 1 is 1.18 bits per heavy atom. The Bertz CT molecular complexity index is 729. The van der Waals surface area contributed by atoms with Gasteiger partial charge in [-0.1, -0.05) is 24.3 Å². The molecule has 17 heavy (non-hydrogen) atoms. The SMILES string of the molecule is Cc1cc2c(c(=CC=O)n1)=Cc1ccccc1-2. The third-order valence-corrected chi connectivity index (χ3v) is 2.99. The van der Waals surface area contributed by atoms with E-state index in [1.807, 2.05) is 19.1 Å². The van der Waals surface area contributed by atoms with Crippen molar-refractivity contribution in [2.24, 2.45) is 0 Å². The van der Waals surface area contributed by atoms with Crippen LogP contribution in [0.2, 0.25) is 0 Å². The van der Waals surface area contributed by atoms with E-state index in [4.69, 9.17) is 0 Å². The van der Waals surface area contributed by atoms with E-state index in [9.17, 15) is 4.79 Å². The molecule has 0 saturated heterocycles. The van der Waals surface area contributed by atoms with Gasteiger partial charge in [0.25, 0.3) is 0 Å². The van der Waals surface area contributed by atoms with Crippen molar-refractivity contribution in [3.8, 4) is 11.1 Å². The molecule has 82 valence electrons. The van der Waals surface area contributed by atoms with Gasteiger partial charge in [-0.25, -0.2) is 0 Å². The number of benzene rings is 1. The first-order chi connectivity index (χ1) is 8.29. The van der Waals surface area contributed by atoms with Gasteiger partial charge in [0, 0.05) is 17.0 Å². The van der Waals surface area contributed by atoms with Crippen molar-refractivity contribution >= 4 is 18.4 Å². The molecule has 3 rings (SSSR count). The molecule has 0 atom stereocenters. The van der Waals surface area contributed by atoms with Gasteiger partial charge in [-0.2, -0.15) is 0 Å². The van der Waals surface area contributed by atoms with Crippen molar-refractivity contribution in [2.45, 2.75) is 6.92 Å². The van der Waals surface area contributed by atoms with Gasteiger partial charge in [0.1, 0.15) is 6.29 Å². The molecule has 2 nitrogen and oxygen atoms in total. The van der Waals surface area contributed by atoms with E-state index < -0.39 is 0 Å². The normalized spacial score (nSPS) is 12.9. The fraction of sp³-hybridized carbons (Fsp3) is 0.0667. The van der Waals surface area contributed by atoms with E-state index in [0.29, 0.717) is 0 Å². The van der Waals surface area contributed by atoms with Crippen LogP contribution < -0.4 is 10.6 Å². The lowest BCUT2D eigenvalue weighted by Crippen LogP contribution is -2.29. The summed E-state index contributed by atoms with van der Waals surface area (Å²) in [5.74, 6) is 0. The van der Waals surface area contributed by atoms with E-state index >= 15 is 0 Å². The van der Waals surface area contributed by atoms with Gasteiger partial charge in [0.15, 0.2) is 0 Å². The van der Waals surface area contributed by atoms with Crippen LogP contribution >= 0.6 is 0 Å². The molecule has 0 aliphatic heterocycles. The fourth-order valence-electron chi connectivity index (χ4n) is 2.30. The number of fused-ring (bicyclic) bond motifs is 3. The monoisotopic (exact) mass is 221 g/mol. The summed E-state index contributed by atoms with van der Waals surface area (Å²) < 4.78 is 0. The second-order valence-corrected chi connectivity index (χ2v) is 4.14. The molecule has 0 saturated carbocycles. The average molecular weight is 221 g/mol. The van der Waals surface area contributed by atoms with Crippen LogP contribution in [0.5, 0.6) is 0 Å². The molecule has 0 amide bonds. The lowest BCUT2D eigenvalue weighted by Gasteiger charge is -2.01. The second-order valence-electron chi connectivity index (χ2n) is 4.14. The van der Waals surface area contributed by atoms with E-state index in [0.717, 1.165) is 22.5 Å². The number of nitrogens with zero attached hydrogens (tertiary/aromatic N) is 1. The first-order valence-electron chi connectivity index (χ1n) is 5.54. The van der Waals surface area contributed by atoms with Crippen LogP contribution in [0.1, 0.15) is 11.3 Å². The lowest BCUT2D eigenvalue weighted by atomic mass is 10.1. The number of hydrogen-bond donors (Lipinski definition) is 0. The van der Waals surface area contributed by atoms with Crippen molar-refractivity contribution in [3.05, 3.63) is 52.2 Å². The molecule has 0 unspecified atom stereocenters. The minimum absolute atomic E-state index is 0.756. The molecule has 0 radical (unpaired) electrons. The number of rotatable bonds is 1. The predicted octanol–water partition coefficient (Wildman–Crippen LogP) is 1.18. The summed E-state index contributed by atoms with van der Waals surface area (Å²) in [7, 11) is 0. The molecule has 0 fully saturated rings. The Morgan fingerprint density at radius 3 is 2.82 bits per heavy atom. The van der Waals surface area contributed by atoms with Crippen LogP contribution in [0.3, 0.4) is 0 Å². The molecule has 1 aliphatic rings. The van der Waals surface area contributed by atoms with Crippen molar-refractivity contribution in [1.82, 2.24) is 4.98 Å². The van der Waals surface area contributed by atoms with E-state index in [2.05, 4.69) is 29.3 Å². The topological polar surface area (TPSA) is 30.0 Å². The molecule has 2 aromatic rings. The van der Waals surface area contributed by atoms with Crippen LogP contribution in [-0.2, 0) is 4.79 Å². The highest BCUT2D eigenvalue weighted by Crippen LogP contribution is 2.25. The Balaban J connectivity index is 2.46. The number of carbonyl (C=O) groups is 1. The van der Waals surface area contributed by atoms with Gasteiger partial charge in [-0.05, 0) is 35.8 Å². The molecular formula is C15H11NO. The van der Waals surface area contributed by atoms with E-state index in [-0.39, 0.29) is 0 Å². The van der Waals surface area contributed by atoms with Gasteiger partial charge in [0.2, 0.25) is 0 Å². The maximum Gasteiger partial charge on any atom is 0.145 e. The van der Waals surface area contributed by atoms with Gasteiger partial charge in [-0.3, -0.25) is 9.78 Å². The largest absolute Gasteiger partial charge is 0.298 e. The summed E-state index contributed by atoms with van der Waals surface area (Å²) in [5.41, 5.74) is 4.51. The predicted molar refractivity (Wildman–Crippen MR) is 67.8 cm³/mol. The number of hydrogen-bond acceptors (Lipinski definition) is 2. The van der Waals surface area contributed by atoms with Crippen molar-refractivity contribution in [3.63, 3.8) is 0 Å². The second kappa shape index (κ2) is 3.67. The molecular weight excluding hydrogens is 210 g/mol. The van der Waals surface area contributed by atoms with E-state index in [1.165, 1.54) is 22.8 Å². The molecule has 1 heterocycles. The van der Waals surface area contributed by atoms with E-state index in [1.54, 1.807) is 0 Å². The summed E-state index contributed by atoms with van der Waals surface area (Å²) in [6.45, 7) is 1.95. The van der Waals surface area contributed by atoms with Crippen LogP contribution in [0, 0.1) is 6.92 Å². The van der Waals surface area contributed by atoms with Gasteiger partial charge < -0.3 is 0 Å². The van der Waals surface area contributed by atoms with Crippen LogP contribution in [-0.4, -0.2) is 11.3 Å². The minimum Gasteiger partial charge on any atom is -0.298 e. The fourth-order valence-corrected chi connectivity index (χ4v) is 2.30. The standard InChI is InChI=1S/C15H11NO/c1-10-8-13-12-5-3-2-4-11(12)9-14(13)15(16-10)6-7-17/h2-9H,1H3. The minimum atomic E-state index is 0.756. The highest BCUT2D eigenvalue weighted by atomic mass is 16.1. The highest BCUT2D eigenvalue weighted by Gasteiger charge is 2.12. The molecule has 2 heteroatoms. The number of carbonyl (C=O) groups excluding carboxylic acids is 1. The van der Waals surface area contributed by atoms with Gasteiger partial charge in [0.05, 0.1) is 5.35 Å². The first kappa shape index (κ1) is 9.97. The Hall–Kier alpha value is -2.22. The highest BCUT2D eigenvalue weighted by molar-refractivity contribution is 5.88. The average Bonchev–Trinajstić information content (AvgIpc) is 2.69. The molecule has 1 aliphatic carbocycles. The zero-order valence-electron chi connectivity index (χ0n) is 9.47. The molecule has 0 bridgehead atoms. The summed E-state index contributed by atoms with van der Waals surface area (Å²) in [6.07, 6.45) is 4.40. The number of pyridine rings is 1. The van der Waals surface area contributed by atoms with Crippen LogP contribution in [0.25, 0.3) is 23.3 Å². The number of aldehydes is 1. The quantitative estimate of drug-likeness (QED) is 0.577.